The number of hydrogen-bond acceptors (Lipinski definition) is 4. The summed E-state index contributed by atoms with van der Waals surface area (Å²) >= 11 is 0. The SMILES string of the molecule is CCN(CC)C1CCN(CC2(CO)CCOC2)C1. The van der Waals surface area contributed by atoms with Crippen LogP contribution in [0.3, 0.4) is 0 Å². The summed E-state index contributed by atoms with van der Waals surface area (Å²) in [5.74, 6) is 0. The summed E-state index contributed by atoms with van der Waals surface area (Å²) < 4.78 is 5.48. The van der Waals surface area contributed by atoms with E-state index in [2.05, 4.69) is 23.6 Å². The van der Waals surface area contributed by atoms with Crippen molar-refractivity contribution in [2.45, 2.75) is 32.7 Å². The summed E-state index contributed by atoms with van der Waals surface area (Å²) in [6.07, 6.45) is 2.28. The van der Waals surface area contributed by atoms with E-state index < -0.39 is 0 Å². The number of hydrogen-bond donors (Lipinski definition) is 1. The molecule has 0 aromatic rings. The number of ether oxygens (including phenoxy) is 1. The third-order valence-electron chi connectivity index (χ3n) is 4.66. The van der Waals surface area contributed by atoms with Crippen LogP contribution in [0.2, 0.25) is 0 Å². The molecule has 106 valence electrons. The van der Waals surface area contributed by atoms with Crippen LogP contribution in [0, 0.1) is 5.41 Å². The zero-order chi connectivity index (χ0) is 13.0. The molecular weight excluding hydrogens is 228 g/mol. The van der Waals surface area contributed by atoms with Crippen LogP contribution in [0.1, 0.15) is 26.7 Å². The Morgan fingerprint density at radius 1 is 1.39 bits per heavy atom. The summed E-state index contributed by atoms with van der Waals surface area (Å²) in [7, 11) is 0. The summed E-state index contributed by atoms with van der Waals surface area (Å²) in [5.41, 5.74) is 0.0121. The van der Waals surface area contributed by atoms with Crippen molar-refractivity contribution in [3.8, 4) is 0 Å². The molecule has 2 fully saturated rings. The highest BCUT2D eigenvalue weighted by atomic mass is 16.5. The topological polar surface area (TPSA) is 35.9 Å². The Morgan fingerprint density at radius 3 is 2.72 bits per heavy atom. The van der Waals surface area contributed by atoms with Gasteiger partial charge in [0, 0.05) is 31.2 Å². The zero-order valence-corrected chi connectivity index (χ0v) is 11.9. The van der Waals surface area contributed by atoms with Gasteiger partial charge < -0.3 is 14.7 Å². The van der Waals surface area contributed by atoms with Gasteiger partial charge in [-0.25, -0.2) is 0 Å². The molecule has 2 aliphatic rings. The second kappa shape index (κ2) is 6.33. The molecule has 2 heterocycles. The lowest BCUT2D eigenvalue weighted by atomic mass is 9.88. The van der Waals surface area contributed by atoms with E-state index in [0.29, 0.717) is 6.04 Å². The lowest BCUT2D eigenvalue weighted by Gasteiger charge is -2.31. The van der Waals surface area contributed by atoms with E-state index >= 15 is 0 Å². The van der Waals surface area contributed by atoms with E-state index in [-0.39, 0.29) is 12.0 Å². The Bertz CT molecular complexity index is 250. The third kappa shape index (κ3) is 3.05. The molecule has 0 radical (unpaired) electrons. The van der Waals surface area contributed by atoms with Crippen LogP contribution < -0.4 is 0 Å². The fraction of sp³-hybridized carbons (Fsp3) is 1.00. The van der Waals surface area contributed by atoms with E-state index in [1.165, 1.54) is 13.0 Å². The maximum atomic E-state index is 9.63. The maximum absolute atomic E-state index is 9.63. The van der Waals surface area contributed by atoms with Crippen LogP contribution in [-0.2, 0) is 4.74 Å². The summed E-state index contributed by atoms with van der Waals surface area (Å²) in [6.45, 7) is 11.9. The van der Waals surface area contributed by atoms with Gasteiger partial charge in [0.15, 0.2) is 0 Å². The van der Waals surface area contributed by atoms with Crippen LogP contribution in [-0.4, -0.2) is 73.5 Å². The Morgan fingerprint density at radius 2 is 2.17 bits per heavy atom. The van der Waals surface area contributed by atoms with E-state index in [1.807, 2.05) is 0 Å². The lowest BCUT2D eigenvalue weighted by molar-refractivity contribution is 0.0613. The number of rotatable bonds is 6. The smallest absolute Gasteiger partial charge is 0.0557 e. The van der Waals surface area contributed by atoms with Gasteiger partial charge in [0.1, 0.15) is 0 Å². The molecule has 0 spiro atoms. The van der Waals surface area contributed by atoms with E-state index in [1.54, 1.807) is 0 Å². The third-order valence-corrected chi connectivity index (χ3v) is 4.66. The van der Waals surface area contributed by atoms with Crippen molar-refractivity contribution in [1.82, 2.24) is 9.80 Å². The van der Waals surface area contributed by atoms with Gasteiger partial charge in [-0.1, -0.05) is 13.8 Å². The van der Waals surface area contributed by atoms with Gasteiger partial charge in [-0.2, -0.15) is 0 Å². The van der Waals surface area contributed by atoms with Crippen LogP contribution >= 0.6 is 0 Å². The van der Waals surface area contributed by atoms with Crippen molar-refractivity contribution < 1.29 is 9.84 Å². The molecule has 0 amide bonds. The summed E-state index contributed by atoms with van der Waals surface area (Å²) in [4.78, 5) is 5.07. The highest BCUT2D eigenvalue weighted by Crippen LogP contribution is 2.30. The maximum Gasteiger partial charge on any atom is 0.0557 e. The molecule has 2 rings (SSSR count). The lowest BCUT2D eigenvalue weighted by Crippen LogP contribution is -2.42. The number of aliphatic hydroxyl groups is 1. The number of nitrogens with zero attached hydrogens (tertiary/aromatic N) is 2. The predicted molar refractivity (Wildman–Crippen MR) is 72.7 cm³/mol. The first-order valence-corrected chi connectivity index (χ1v) is 7.38. The largest absolute Gasteiger partial charge is 0.396 e. The minimum Gasteiger partial charge on any atom is -0.396 e. The Labute approximate surface area is 111 Å². The molecule has 2 aliphatic heterocycles. The summed E-state index contributed by atoms with van der Waals surface area (Å²) in [5, 5.41) is 9.63. The second-order valence-corrected chi connectivity index (χ2v) is 5.86. The van der Waals surface area contributed by atoms with Crippen LogP contribution in [0.4, 0.5) is 0 Å². The van der Waals surface area contributed by atoms with Gasteiger partial charge >= 0.3 is 0 Å². The molecule has 0 aromatic carbocycles. The standard InChI is InChI=1S/C14H28N2O2/c1-3-16(4-2)13-5-7-15(9-13)10-14(11-17)6-8-18-12-14/h13,17H,3-12H2,1-2H3. The Balaban J connectivity index is 1.85. The van der Waals surface area contributed by atoms with Gasteiger partial charge in [-0.05, 0) is 32.5 Å². The molecule has 18 heavy (non-hydrogen) atoms. The quantitative estimate of drug-likeness (QED) is 0.762. The highest BCUT2D eigenvalue weighted by Gasteiger charge is 2.38. The zero-order valence-electron chi connectivity index (χ0n) is 11.9. The first kappa shape index (κ1) is 14.3. The first-order chi connectivity index (χ1) is 8.73. The molecular formula is C14H28N2O2. The molecule has 4 heteroatoms. The first-order valence-electron chi connectivity index (χ1n) is 7.38. The molecule has 2 unspecified atom stereocenters. The van der Waals surface area contributed by atoms with Crippen molar-refractivity contribution in [1.29, 1.82) is 0 Å². The van der Waals surface area contributed by atoms with Gasteiger partial charge in [0.05, 0.1) is 13.2 Å². The molecule has 4 nitrogen and oxygen atoms in total. The number of aliphatic hydroxyl groups excluding tert-OH is 1. The highest BCUT2D eigenvalue weighted by molar-refractivity contribution is 4.90. The Hall–Kier alpha value is -0.160. The molecule has 0 saturated carbocycles. The molecule has 1 N–H and O–H groups in total. The second-order valence-electron chi connectivity index (χ2n) is 5.86. The van der Waals surface area contributed by atoms with Gasteiger partial charge in [0.2, 0.25) is 0 Å². The normalized spacial score (nSPS) is 33.7. The predicted octanol–water partition coefficient (Wildman–Crippen LogP) is 0.802. The molecule has 0 aromatic heterocycles. The summed E-state index contributed by atoms with van der Waals surface area (Å²) in [6, 6.07) is 0.707. The molecule has 2 atom stereocenters. The number of likely N-dealkylation sites (N-methyl/N-ethyl adjacent to an activating group) is 1. The van der Waals surface area contributed by atoms with Crippen molar-refractivity contribution in [3.05, 3.63) is 0 Å². The van der Waals surface area contributed by atoms with Crippen molar-refractivity contribution in [3.63, 3.8) is 0 Å². The number of likely N-dealkylation sites (tertiary alicyclic amines) is 1. The van der Waals surface area contributed by atoms with Gasteiger partial charge in [0.25, 0.3) is 0 Å². The van der Waals surface area contributed by atoms with Crippen molar-refractivity contribution in [2.24, 2.45) is 5.41 Å². The average Bonchev–Trinajstić information content (AvgIpc) is 3.02. The van der Waals surface area contributed by atoms with Crippen LogP contribution in [0.25, 0.3) is 0 Å². The van der Waals surface area contributed by atoms with E-state index in [9.17, 15) is 5.11 Å². The molecule has 0 aliphatic carbocycles. The monoisotopic (exact) mass is 256 g/mol. The minimum atomic E-state index is 0.0121. The minimum absolute atomic E-state index is 0.0121. The van der Waals surface area contributed by atoms with Gasteiger partial charge in [-0.15, -0.1) is 0 Å². The molecule has 2 saturated heterocycles. The fourth-order valence-corrected chi connectivity index (χ4v) is 3.42. The van der Waals surface area contributed by atoms with E-state index in [0.717, 1.165) is 45.8 Å². The fourth-order valence-electron chi connectivity index (χ4n) is 3.42. The average molecular weight is 256 g/mol. The van der Waals surface area contributed by atoms with Crippen molar-refractivity contribution >= 4 is 0 Å². The van der Waals surface area contributed by atoms with Gasteiger partial charge in [-0.3, -0.25) is 4.90 Å². The van der Waals surface area contributed by atoms with Crippen LogP contribution in [0.15, 0.2) is 0 Å². The van der Waals surface area contributed by atoms with E-state index in [4.69, 9.17) is 4.74 Å². The molecule has 0 bridgehead atoms. The van der Waals surface area contributed by atoms with Crippen LogP contribution in [0.5, 0.6) is 0 Å². The Kier molecular flexibility index (Phi) is 5.01. The van der Waals surface area contributed by atoms with Crippen molar-refractivity contribution in [2.75, 3.05) is 52.5 Å².